The summed E-state index contributed by atoms with van der Waals surface area (Å²) >= 11 is 0. The summed E-state index contributed by atoms with van der Waals surface area (Å²) in [6, 6.07) is 6.91. The van der Waals surface area contributed by atoms with Gasteiger partial charge in [0.2, 0.25) is 0 Å². The number of hydrogen-bond donors (Lipinski definition) is 1. The third-order valence-corrected chi connectivity index (χ3v) is 3.03. The summed E-state index contributed by atoms with van der Waals surface area (Å²) in [7, 11) is 0. The molecule has 3 heteroatoms. The Morgan fingerprint density at radius 3 is 3.00 bits per heavy atom. The molecular formula is C13H18FNO. The molecule has 1 unspecified atom stereocenters. The third-order valence-electron chi connectivity index (χ3n) is 3.03. The Labute approximate surface area is 95.8 Å². The fraction of sp³-hybridized carbons (Fsp3) is 0.538. The summed E-state index contributed by atoms with van der Waals surface area (Å²) < 4.78 is 18.6. The summed E-state index contributed by atoms with van der Waals surface area (Å²) in [6.45, 7) is 3.34. The van der Waals surface area contributed by atoms with Crippen molar-refractivity contribution in [1.29, 1.82) is 0 Å². The Morgan fingerprint density at radius 1 is 1.38 bits per heavy atom. The lowest BCUT2D eigenvalue weighted by atomic mass is 10.1. The molecule has 0 amide bonds. The lowest BCUT2D eigenvalue weighted by Gasteiger charge is -2.09. The van der Waals surface area contributed by atoms with Crippen LogP contribution in [0.25, 0.3) is 0 Å². The van der Waals surface area contributed by atoms with E-state index in [1.807, 2.05) is 12.1 Å². The van der Waals surface area contributed by atoms with Crippen LogP contribution in [0.3, 0.4) is 0 Å². The fourth-order valence-electron chi connectivity index (χ4n) is 1.98. The summed E-state index contributed by atoms with van der Waals surface area (Å²) in [6.07, 6.45) is 2.29. The number of halogens is 1. The Kier molecular flexibility index (Phi) is 4.31. The van der Waals surface area contributed by atoms with E-state index in [2.05, 4.69) is 5.32 Å². The molecule has 1 N–H and O–H groups in total. The summed E-state index contributed by atoms with van der Waals surface area (Å²) in [5.41, 5.74) is 0.741. The molecule has 2 nitrogen and oxygen atoms in total. The molecule has 0 bridgehead atoms. The van der Waals surface area contributed by atoms with Crippen LogP contribution in [0.2, 0.25) is 0 Å². The van der Waals surface area contributed by atoms with Gasteiger partial charge in [-0.1, -0.05) is 18.2 Å². The van der Waals surface area contributed by atoms with E-state index in [0.29, 0.717) is 12.5 Å². The zero-order chi connectivity index (χ0) is 11.2. The number of ether oxygens (including phenoxy) is 1. The van der Waals surface area contributed by atoms with Gasteiger partial charge in [-0.15, -0.1) is 0 Å². The molecule has 1 aliphatic heterocycles. The van der Waals surface area contributed by atoms with Gasteiger partial charge in [0, 0.05) is 25.3 Å². The fourth-order valence-corrected chi connectivity index (χ4v) is 1.98. The van der Waals surface area contributed by atoms with Crippen LogP contribution >= 0.6 is 0 Å². The van der Waals surface area contributed by atoms with Gasteiger partial charge in [-0.25, -0.2) is 4.39 Å². The van der Waals surface area contributed by atoms with E-state index in [9.17, 15) is 4.39 Å². The largest absolute Gasteiger partial charge is 0.381 e. The van der Waals surface area contributed by atoms with E-state index in [1.54, 1.807) is 6.07 Å². The molecule has 0 saturated carbocycles. The maximum Gasteiger partial charge on any atom is 0.127 e. The molecule has 2 rings (SSSR count). The first-order valence-electron chi connectivity index (χ1n) is 5.88. The van der Waals surface area contributed by atoms with Crippen LogP contribution in [0, 0.1) is 11.7 Å². The van der Waals surface area contributed by atoms with Gasteiger partial charge in [0.15, 0.2) is 0 Å². The molecule has 1 atom stereocenters. The average Bonchev–Trinajstić information content (AvgIpc) is 2.79. The zero-order valence-corrected chi connectivity index (χ0v) is 9.42. The van der Waals surface area contributed by atoms with Crippen molar-refractivity contribution in [2.75, 3.05) is 19.8 Å². The molecule has 88 valence electrons. The van der Waals surface area contributed by atoms with Crippen molar-refractivity contribution in [1.82, 2.24) is 5.32 Å². The first-order valence-corrected chi connectivity index (χ1v) is 5.88. The molecule has 1 heterocycles. The van der Waals surface area contributed by atoms with Gasteiger partial charge in [-0.05, 0) is 31.4 Å². The number of hydrogen-bond acceptors (Lipinski definition) is 2. The maximum absolute atomic E-state index is 13.3. The Morgan fingerprint density at radius 2 is 2.25 bits per heavy atom. The Balaban J connectivity index is 1.66. The van der Waals surface area contributed by atoms with Crippen LogP contribution in [0.15, 0.2) is 24.3 Å². The lowest BCUT2D eigenvalue weighted by Crippen LogP contribution is -2.18. The second-order valence-electron chi connectivity index (χ2n) is 4.29. The van der Waals surface area contributed by atoms with Gasteiger partial charge in [0.1, 0.15) is 5.82 Å². The van der Waals surface area contributed by atoms with Crippen LogP contribution in [-0.4, -0.2) is 19.8 Å². The average molecular weight is 223 g/mol. The zero-order valence-electron chi connectivity index (χ0n) is 9.42. The SMILES string of the molecule is Fc1ccccc1CNCCC1CCOC1. The normalized spacial score (nSPS) is 20.2. The first-order chi connectivity index (χ1) is 7.86. The molecule has 1 fully saturated rings. The van der Waals surface area contributed by atoms with Gasteiger partial charge in [-0.3, -0.25) is 0 Å². The van der Waals surface area contributed by atoms with Crippen LogP contribution in [-0.2, 0) is 11.3 Å². The number of benzene rings is 1. The molecule has 1 saturated heterocycles. The molecular weight excluding hydrogens is 205 g/mol. The molecule has 0 aliphatic carbocycles. The molecule has 1 aromatic rings. The highest BCUT2D eigenvalue weighted by Gasteiger charge is 2.14. The molecule has 0 spiro atoms. The lowest BCUT2D eigenvalue weighted by molar-refractivity contribution is 0.184. The predicted octanol–water partition coefficient (Wildman–Crippen LogP) is 2.34. The highest BCUT2D eigenvalue weighted by Crippen LogP contribution is 2.15. The molecule has 0 radical (unpaired) electrons. The summed E-state index contributed by atoms with van der Waals surface area (Å²) in [5.74, 6) is 0.562. The van der Waals surface area contributed by atoms with Gasteiger partial charge in [0.25, 0.3) is 0 Å². The smallest absolute Gasteiger partial charge is 0.127 e. The van der Waals surface area contributed by atoms with E-state index in [4.69, 9.17) is 4.74 Å². The standard InChI is InChI=1S/C13H18FNO/c14-13-4-2-1-3-12(13)9-15-7-5-11-6-8-16-10-11/h1-4,11,15H,5-10H2. The predicted molar refractivity (Wildman–Crippen MR) is 61.6 cm³/mol. The summed E-state index contributed by atoms with van der Waals surface area (Å²) in [5, 5.41) is 3.27. The van der Waals surface area contributed by atoms with Gasteiger partial charge >= 0.3 is 0 Å². The quantitative estimate of drug-likeness (QED) is 0.774. The topological polar surface area (TPSA) is 21.3 Å². The Bertz CT molecular complexity index is 323. The Hall–Kier alpha value is -0.930. The van der Waals surface area contributed by atoms with E-state index >= 15 is 0 Å². The van der Waals surface area contributed by atoms with E-state index in [1.165, 1.54) is 12.5 Å². The molecule has 0 aromatic heterocycles. The van der Waals surface area contributed by atoms with Crippen molar-refractivity contribution in [3.63, 3.8) is 0 Å². The molecule has 16 heavy (non-hydrogen) atoms. The molecule has 1 aromatic carbocycles. The third kappa shape index (κ3) is 3.29. The minimum Gasteiger partial charge on any atom is -0.381 e. The van der Waals surface area contributed by atoms with Crippen LogP contribution in [0.5, 0.6) is 0 Å². The minimum absolute atomic E-state index is 0.126. The van der Waals surface area contributed by atoms with Crippen molar-refractivity contribution in [2.45, 2.75) is 19.4 Å². The van der Waals surface area contributed by atoms with Crippen LogP contribution in [0.1, 0.15) is 18.4 Å². The van der Waals surface area contributed by atoms with E-state index < -0.39 is 0 Å². The van der Waals surface area contributed by atoms with Crippen molar-refractivity contribution >= 4 is 0 Å². The van der Waals surface area contributed by atoms with Gasteiger partial charge < -0.3 is 10.1 Å². The number of rotatable bonds is 5. The maximum atomic E-state index is 13.3. The number of nitrogens with one attached hydrogen (secondary N) is 1. The van der Waals surface area contributed by atoms with Crippen molar-refractivity contribution in [3.8, 4) is 0 Å². The second-order valence-corrected chi connectivity index (χ2v) is 4.29. The van der Waals surface area contributed by atoms with Crippen molar-refractivity contribution < 1.29 is 9.13 Å². The van der Waals surface area contributed by atoms with Gasteiger partial charge in [-0.2, -0.15) is 0 Å². The van der Waals surface area contributed by atoms with Crippen LogP contribution < -0.4 is 5.32 Å². The minimum atomic E-state index is -0.126. The first kappa shape index (κ1) is 11.6. The van der Waals surface area contributed by atoms with Crippen molar-refractivity contribution in [2.24, 2.45) is 5.92 Å². The highest BCUT2D eigenvalue weighted by atomic mass is 19.1. The molecule has 1 aliphatic rings. The van der Waals surface area contributed by atoms with E-state index in [-0.39, 0.29) is 5.82 Å². The van der Waals surface area contributed by atoms with Crippen molar-refractivity contribution in [3.05, 3.63) is 35.6 Å². The van der Waals surface area contributed by atoms with Gasteiger partial charge in [0.05, 0.1) is 0 Å². The van der Waals surface area contributed by atoms with E-state index in [0.717, 1.165) is 31.7 Å². The summed E-state index contributed by atoms with van der Waals surface area (Å²) in [4.78, 5) is 0. The highest BCUT2D eigenvalue weighted by molar-refractivity contribution is 5.16. The second kappa shape index (κ2) is 5.97. The monoisotopic (exact) mass is 223 g/mol. The van der Waals surface area contributed by atoms with Crippen LogP contribution in [0.4, 0.5) is 4.39 Å².